The number of ether oxygens (including phenoxy) is 4. The third kappa shape index (κ3) is 7.62. The largest absolute Gasteiger partial charge is 0.507 e. The number of phenols is 1. The predicted molar refractivity (Wildman–Crippen MR) is 193 cm³/mol. The van der Waals surface area contributed by atoms with Gasteiger partial charge in [-0.2, -0.15) is 0 Å². The molecule has 1 aromatic carbocycles. The second-order valence-corrected chi connectivity index (χ2v) is 14.0. The van der Waals surface area contributed by atoms with Crippen molar-refractivity contribution in [1.29, 1.82) is 0 Å². The van der Waals surface area contributed by atoms with Crippen LogP contribution in [0.15, 0.2) is 52.4 Å². The lowest BCUT2D eigenvalue weighted by atomic mass is 9.78. The molecule has 1 aromatic rings. The van der Waals surface area contributed by atoms with Crippen molar-refractivity contribution in [2.45, 2.75) is 85.6 Å². The zero-order valence-electron chi connectivity index (χ0n) is 31.5. The van der Waals surface area contributed by atoms with Crippen LogP contribution in [-0.2, 0) is 23.8 Å². The fraction of sp³-hybridized carbons (Fsp3) is 0.487. The standard InChI is InChI=1S/C39H48N2O12/c1-17-12-11-13-18(2)38(49)41-29-24(16-40-9)33(46)26-27(34(29)47)32(45)22(6)36-28(26)37(48)39(8,53-36)51-15-14-25(50-10)19(3)35(52-23(7)42)21(5)31(44)20(4)30(17)43/h11-17,19-21,25,30-31,35,43-45H,1-10H3,(H,41,49)/b12-11-,15-14?,18-13-,40-16?/t17-,19+,20+,21+,25-,30-,31+,35+,39-/m0/s1. The van der Waals surface area contributed by atoms with Gasteiger partial charge in [0.25, 0.3) is 11.7 Å². The van der Waals surface area contributed by atoms with E-state index < -0.39 is 106 Å². The van der Waals surface area contributed by atoms with Crippen molar-refractivity contribution in [3.05, 3.63) is 69.7 Å². The molecule has 1 amide bonds. The number of methoxy groups -OCH3 is 1. The van der Waals surface area contributed by atoms with Gasteiger partial charge in [0.15, 0.2) is 5.78 Å². The number of aromatic hydroxyl groups is 1. The molecular formula is C39H48N2O12. The van der Waals surface area contributed by atoms with Crippen molar-refractivity contribution in [2.24, 2.45) is 28.7 Å². The fourth-order valence-electron chi connectivity index (χ4n) is 6.97. The van der Waals surface area contributed by atoms with Crippen molar-refractivity contribution in [3.63, 3.8) is 0 Å². The Labute approximate surface area is 308 Å². The molecule has 3 aliphatic heterocycles. The van der Waals surface area contributed by atoms with E-state index in [0.717, 1.165) is 12.5 Å². The van der Waals surface area contributed by atoms with Crippen molar-refractivity contribution in [1.82, 2.24) is 5.32 Å². The van der Waals surface area contributed by atoms with Crippen molar-refractivity contribution in [2.75, 3.05) is 14.2 Å². The minimum atomic E-state index is -2.07. The van der Waals surface area contributed by atoms with Crippen LogP contribution in [0.3, 0.4) is 0 Å². The molecule has 0 unspecified atom stereocenters. The van der Waals surface area contributed by atoms with E-state index in [-0.39, 0.29) is 28.0 Å². The van der Waals surface area contributed by atoms with Crippen LogP contribution >= 0.6 is 0 Å². The van der Waals surface area contributed by atoms with E-state index in [1.165, 1.54) is 60.1 Å². The Morgan fingerprint density at radius 3 is 2.23 bits per heavy atom. The van der Waals surface area contributed by atoms with Gasteiger partial charge in [-0.3, -0.25) is 29.0 Å². The number of hydrogen-bond acceptors (Lipinski definition) is 13. The number of nitrogens with zero attached hydrogens (tertiary/aromatic N) is 1. The van der Waals surface area contributed by atoms with E-state index in [2.05, 4.69) is 10.3 Å². The maximum Gasteiger partial charge on any atom is 0.312 e. The zero-order valence-corrected chi connectivity index (χ0v) is 31.5. The Balaban J connectivity index is 1.90. The van der Waals surface area contributed by atoms with E-state index >= 15 is 0 Å². The van der Waals surface area contributed by atoms with Crippen molar-refractivity contribution >= 4 is 35.4 Å². The average molecular weight is 737 g/mol. The number of phenolic OH excluding ortho intramolecular Hbond substituents is 1. The highest BCUT2D eigenvalue weighted by Gasteiger charge is 2.52. The molecule has 0 saturated heterocycles. The number of fused-ring (bicyclic) bond motifs is 14. The molecule has 14 nitrogen and oxygen atoms in total. The summed E-state index contributed by atoms with van der Waals surface area (Å²) in [6.07, 6.45) is 4.42. The predicted octanol–water partition coefficient (Wildman–Crippen LogP) is 3.70. The first-order chi connectivity index (χ1) is 24.8. The number of carbonyl (C=O) groups excluding carboxylic acids is 5. The van der Waals surface area contributed by atoms with Crippen LogP contribution < -0.4 is 10.1 Å². The molecular weight excluding hydrogens is 688 g/mol. The summed E-state index contributed by atoms with van der Waals surface area (Å²) in [4.78, 5) is 71.8. The number of Topliss-reactive ketones (excluding diaryl/α,β-unsaturated/α-hetero) is 3. The number of hydrogen-bond donors (Lipinski definition) is 4. The van der Waals surface area contributed by atoms with E-state index in [0.29, 0.717) is 0 Å². The highest BCUT2D eigenvalue weighted by atomic mass is 16.7. The molecule has 0 spiro atoms. The number of aliphatic hydroxyl groups is 2. The van der Waals surface area contributed by atoms with Gasteiger partial charge in [-0.05, 0) is 19.9 Å². The lowest BCUT2D eigenvalue weighted by molar-refractivity contribution is -0.160. The van der Waals surface area contributed by atoms with Gasteiger partial charge >= 0.3 is 11.8 Å². The summed E-state index contributed by atoms with van der Waals surface area (Å²) in [6.45, 7) is 12.3. The first-order valence-corrected chi connectivity index (χ1v) is 17.3. The number of amides is 1. The molecule has 0 saturated carbocycles. The summed E-state index contributed by atoms with van der Waals surface area (Å²) >= 11 is 0. The molecule has 3 heterocycles. The number of aliphatic imine (C=N–C) groups is 1. The van der Waals surface area contributed by atoms with Gasteiger partial charge in [0.1, 0.15) is 23.3 Å². The molecule has 286 valence electrons. The third-order valence-electron chi connectivity index (χ3n) is 10.3. The molecule has 1 aliphatic carbocycles. The molecule has 0 fully saturated rings. The minimum Gasteiger partial charge on any atom is -0.507 e. The quantitative estimate of drug-likeness (QED) is 0.259. The van der Waals surface area contributed by atoms with E-state index in [9.17, 15) is 39.3 Å². The number of esters is 1. The summed E-state index contributed by atoms with van der Waals surface area (Å²) in [6, 6.07) is 0. The van der Waals surface area contributed by atoms with Crippen molar-refractivity contribution < 1.29 is 58.2 Å². The topological polar surface area (TPSA) is 207 Å². The fourth-order valence-corrected chi connectivity index (χ4v) is 6.97. The Bertz CT molecular complexity index is 1860. The highest BCUT2D eigenvalue weighted by molar-refractivity contribution is 6.37. The van der Waals surface area contributed by atoms with Gasteiger partial charge in [0.2, 0.25) is 5.78 Å². The van der Waals surface area contributed by atoms with Crippen LogP contribution in [0, 0.1) is 30.6 Å². The van der Waals surface area contributed by atoms with Gasteiger partial charge in [-0.15, -0.1) is 0 Å². The molecule has 4 aliphatic rings. The van der Waals surface area contributed by atoms with Gasteiger partial charge < -0.3 is 39.6 Å². The second-order valence-electron chi connectivity index (χ2n) is 14.0. The van der Waals surface area contributed by atoms with Gasteiger partial charge in [0, 0.05) is 69.0 Å². The van der Waals surface area contributed by atoms with Crippen LogP contribution in [0.4, 0.5) is 0 Å². The smallest absolute Gasteiger partial charge is 0.312 e. The van der Waals surface area contributed by atoms with Gasteiger partial charge in [-0.1, -0.05) is 45.9 Å². The Kier molecular flexibility index (Phi) is 12.3. The first-order valence-electron chi connectivity index (χ1n) is 17.3. The van der Waals surface area contributed by atoms with Gasteiger partial charge in [0.05, 0.1) is 46.8 Å². The Hall–Kier alpha value is -4.92. The highest BCUT2D eigenvalue weighted by Crippen LogP contribution is 2.48. The number of carbonyl (C=O) groups is 5. The van der Waals surface area contributed by atoms with Crippen LogP contribution in [-0.4, -0.2) is 95.1 Å². The molecule has 53 heavy (non-hydrogen) atoms. The van der Waals surface area contributed by atoms with E-state index in [1.54, 1.807) is 33.8 Å². The van der Waals surface area contributed by atoms with Crippen LogP contribution in [0.1, 0.15) is 85.1 Å². The lowest BCUT2D eigenvalue weighted by Gasteiger charge is -2.38. The van der Waals surface area contributed by atoms with Crippen LogP contribution in [0.25, 0.3) is 0 Å². The summed E-state index contributed by atoms with van der Waals surface area (Å²) in [5, 5.41) is 36.4. The number of rotatable bonds is 3. The molecule has 9 atom stereocenters. The first kappa shape index (κ1) is 40.8. The Morgan fingerprint density at radius 1 is 0.962 bits per heavy atom. The molecule has 0 radical (unpaired) electrons. The van der Waals surface area contributed by atoms with E-state index in [1.807, 2.05) is 0 Å². The molecule has 5 rings (SSSR count). The number of ketones is 3. The van der Waals surface area contributed by atoms with Crippen molar-refractivity contribution in [3.8, 4) is 11.5 Å². The SMILES string of the molecule is CN=CC1=C2NC(=O)/C(C)=C\C=C/[C@H](C)[C@H](O)[C@@H](C)[C@@H](O)[C@@H](C)[C@H](OC(C)=O)[C@H](C)[C@@H](OC)C=CO[C@@]3(C)Oc4c(C)c(O)c(c(c4C3=O)C1=O)C2=O. The lowest BCUT2D eigenvalue weighted by Crippen LogP contribution is -2.46. The van der Waals surface area contributed by atoms with E-state index in [4.69, 9.17) is 18.9 Å². The number of allylic oxidation sites excluding steroid dienone is 4. The molecule has 5 bridgehead atoms. The molecule has 14 heteroatoms. The Morgan fingerprint density at radius 2 is 1.62 bits per heavy atom. The molecule has 0 aromatic heterocycles. The number of nitrogens with one attached hydrogen (secondary N) is 1. The summed E-state index contributed by atoms with van der Waals surface area (Å²) < 4.78 is 23.2. The maximum atomic E-state index is 14.1. The third-order valence-corrected chi connectivity index (χ3v) is 10.3. The average Bonchev–Trinajstić information content (AvgIpc) is 3.38. The van der Waals surface area contributed by atoms with Crippen LogP contribution in [0.2, 0.25) is 0 Å². The molecule has 4 N–H and O–H groups in total. The van der Waals surface area contributed by atoms with Gasteiger partial charge in [-0.25, -0.2) is 0 Å². The normalized spacial score (nSPS) is 32.9. The minimum absolute atomic E-state index is 0.0136. The maximum absolute atomic E-state index is 14.1. The number of benzene rings is 1. The summed E-state index contributed by atoms with van der Waals surface area (Å²) in [7, 11) is 2.77. The second kappa shape index (κ2) is 16.0. The summed E-state index contributed by atoms with van der Waals surface area (Å²) in [5.41, 5.74) is -1.85. The zero-order chi connectivity index (χ0) is 39.7. The monoisotopic (exact) mass is 736 g/mol. The number of aliphatic hydroxyl groups excluding tert-OH is 2. The summed E-state index contributed by atoms with van der Waals surface area (Å²) in [5.74, 6) is -9.32. The van der Waals surface area contributed by atoms with Crippen LogP contribution in [0.5, 0.6) is 11.5 Å².